The Hall–Kier alpha value is -1.10. The Kier molecular flexibility index (Phi) is 4.36. The van der Waals surface area contributed by atoms with E-state index in [-0.39, 0.29) is 0 Å². The van der Waals surface area contributed by atoms with Gasteiger partial charge in [-0.05, 0) is 18.8 Å². The Morgan fingerprint density at radius 1 is 1.71 bits per heavy atom. The molecule has 1 aromatic heterocycles. The summed E-state index contributed by atoms with van der Waals surface area (Å²) in [5, 5.41) is 6.32. The average molecular weight is 252 g/mol. The fourth-order valence-corrected chi connectivity index (χ4v) is 2.48. The maximum absolute atomic E-state index is 5.82. The van der Waals surface area contributed by atoms with Gasteiger partial charge in [-0.1, -0.05) is 13.3 Å². The average Bonchev–Trinajstić information content (AvgIpc) is 2.77. The van der Waals surface area contributed by atoms with Crippen LogP contribution in [0.15, 0.2) is 16.6 Å². The van der Waals surface area contributed by atoms with E-state index in [2.05, 4.69) is 22.2 Å². The molecule has 0 amide bonds. The number of nitrogens with two attached hydrogens (primary N) is 1. The number of hydrogen-bond donors (Lipinski definition) is 2. The molecule has 0 aliphatic heterocycles. The van der Waals surface area contributed by atoms with Crippen LogP contribution in [0.5, 0.6) is 0 Å². The second-order valence-electron chi connectivity index (χ2n) is 4.68. The highest BCUT2D eigenvalue weighted by Crippen LogP contribution is 2.25. The van der Waals surface area contributed by atoms with Gasteiger partial charge in [0.25, 0.3) is 0 Å². The second-order valence-corrected chi connectivity index (χ2v) is 5.60. The maximum Gasteiger partial charge on any atom is 0.188 e. The van der Waals surface area contributed by atoms with Crippen molar-refractivity contribution in [2.24, 2.45) is 16.6 Å². The maximum atomic E-state index is 5.82. The van der Waals surface area contributed by atoms with Crippen LogP contribution in [0, 0.1) is 5.92 Å². The summed E-state index contributed by atoms with van der Waals surface area (Å²) in [5.41, 5.74) is 5.82. The Balaban J connectivity index is 1.71. The molecule has 0 radical (unpaired) electrons. The molecule has 1 heterocycles. The van der Waals surface area contributed by atoms with Crippen molar-refractivity contribution >= 4 is 17.3 Å². The first-order chi connectivity index (χ1) is 8.25. The van der Waals surface area contributed by atoms with E-state index >= 15 is 0 Å². The van der Waals surface area contributed by atoms with E-state index in [9.17, 15) is 0 Å². The summed E-state index contributed by atoms with van der Waals surface area (Å²) in [6, 6.07) is 0. The zero-order chi connectivity index (χ0) is 12.1. The molecule has 94 valence electrons. The van der Waals surface area contributed by atoms with E-state index in [1.165, 1.54) is 19.3 Å². The zero-order valence-corrected chi connectivity index (χ0v) is 11.0. The highest BCUT2D eigenvalue weighted by molar-refractivity contribution is 7.09. The van der Waals surface area contributed by atoms with Crippen molar-refractivity contribution in [2.45, 2.75) is 32.1 Å². The van der Waals surface area contributed by atoms with Gasteiger partial charge in [-0.15, -0.1) is 11.3 Å². The summed E-state index contributed by atoms with van der Waals surface area (Å²) >= 11 is 1.67. The van der Waals surface area contributed by atoms with E-state index < -0.39 is 0 Å². The summed E-state index contributed by atoms with van der Waals surface area (Å²) < 4.78 is 0. The van der Waals surface area contributed by atoms with Crippen LogP contribution >= 0.6 is 11.3 Å². The topological polar surface area (TPSA) is 63.3 Å². The van der Waals surface area contributed by atoms with Crippen LogP contribution in [-0.2, 0) is 0 Å². The third-order valence-electron chi connectivity index (χ3n) is 3.21. The fourth-order valence-electron chi connectivity index (χ4n) is 1.79. The molecule has 5 heteroatoms. The molecular weight excluding hydrogens is 232 g/mol. The van der Waals surface area contributed by atoms with E-state index in [4.69, 9.17) is 5.73 Å². The molecule has 1 atom stereocenters. The molecule has 0 saturated heterocycles. The lowest BCUT2D eigenvalue weighted by Gasteiger charge is -2.25. The molecule has 1 saturated carbocycles. The molecule has 0 bridgehead atoms. The predicted octanol–water partition coefficient (Wildman–Crippen LogP) is 1.95. The summed E-state index contributed by atoms with van der Waals surface area (Å²) in [5.74, 6) is 1.72. The summed E-state index contributed by atoms with van der Waals surface area (Å²) in [6.07, 6.45) is 5.86. The van der Waals surface area contributed by atoms with Gasteiger partial charge in [-0.3, -0.25) is 4.99 Å². The van der Waals surface area contributed by atoms with Gasteiger partial charge >= 0.3 is 0 Å². The fraction of sp³-hybridized carbons (Fsp3) is 0.667. The zero-order valence-electron chi connectivity index (χ0n) is 10.2. The lowest BCUT2D eigenvalue weighted by Crippen LogP contribution is -2.37. The molecule has 1 fully saturated rings. The third kappa shape index (κ3) is 3.70. The van der Waals surface area contributed by atoms with Crippen molar-refractivity contribution in [2.75, 3.05) is 13.1 Å². The first-order valence-electron chi connectivity index (χ1n) is 6.19. The van der Waals surface area contributed by atoms with E-state index in [1.54, 1.807) is 11.3 Å². The van der Waals surface area contributed by atoms with Gasteiger partial charge in [-0.25, -0.2) is 4.98 Å². The molecule has 0 aromatic carbocycles. The third-order valence-corrected chi connectivity index (χ3v) is 4.21. The quantitative estimate of drug-likeness (QED) is 0.622. The van der Waals surface area contributed by atoms with Crippen LogP contribution in [0.2, 0.25) is 0 Å². The molecule has 1 aromatic rings. The smallest absolute Gasteiger partial charge is 0.188 e. The molecule has 1 unspecified atom stereocenters. The Labute approximate surface area is 106 Å². The van der Waals surface area contributed by atoms with Gasteiger partial charge in [0.1, 0.15) is 0 Å². The van der Waals surface area contributed by atoms with Crippen LogP contribution in [0.4, 0.5) is 0 Å². The van der Waals surface area contributed by atoms with Gasteiger partial charge in [0.2, 0.25) is 0 Å². The van der Waals surface area contributed by atoms with Crippen LogP contribution in [0.3, 0.4) is 0 Å². The highest BCUT2D eigenvalue weighted by Gasteiger charge is 2.16. The molecule has 2 rings (SSSR count). The molecule has 4 nitrogen and oxygen atoms in total. The lowest BCUT2D eigenvalue weighted by atomic mass is 9.85. The number of guanidine groups is 1. The Bertz CT molecular complexity index is 357. The first-order valence-corrected chi connectivity index (χ1v) is 7.07. The highest BCUT2D eigenvalue weighted by atomic mass is 32.1. The molecule has 17 heavy (non-hydrogen) atoms. The van der Waals surface area contributed by atoms with Crippen molar-refractivity contribution in [3.8, 4) is 0 Å². The van der Waals surface area contributed by atoms with Crippen LogP contribution in [0.1, 0.15) is 37.1 Å². The minimum absolute atomic E-state index is 0.346. The van der Waals surface area contributed by atoms with Gasteiger partial charge in [0, 0.05) is 24.0 Å². The van der Waals surface area contributed by atoms with Crippen LogP contribution in [-0.4, -0.2) is 24.0 Å². The van der Waals surface area contributed by atoms with Crippen molar-refractivity contribution in [3.63, 3.8) is 0 Å². The number of rotatable bonds is 5. The first kappa shape index (κ1) is 12.4. The van der Waals surface area contributed by atoms with E-state index in [0.29, 0.717) is 18.4 Å². The monoisotopic (exact) mass is 252 g/mol. The normalized spacial score (nSPS) is 18.8. The van der Waals surface area contributed by atoms with Crippen molar-refractivity contribution in [1.29, 1.82) is 0 Å². The molecule has 1 aliphatic carbocycles. The summed E-state index contributed by atoms with van der Waals surface area (Å²) in [4.78, 5) is 8.64. The second kappa shape index (κ2) is 6.00. The number of aromatic nitrogens is 1. The summed E-state index contributed by atoms with van der Waals surface area (Å²) in [7, 11) is 0. The number of nitrogens with one attached hydrogen (secondary N) is 1. The van der Waals surface area contributed by atoms with Crippen LogP contribution < -0.4 is 11.1 Å². The molecular formula is C12H20N4S. The van der Waals surface area contributed by atoms with E-state index in [0.717, 1.165) is 17.5 Å². The number of nitrogens with zero attached hydrogens (tertiary/aromatic N) is 2. The van der Waals surface area contributed by atoms with Gasteiger partial charge in [0.05, 0.1) is 11.6 Å². The predicted molar refractivity (Wildman–Crippen MR) is 72.4 cm³/mol. The Morgan fingerprint density at radius 2 is 2.53 bits per heavy atom. The van der Waals surface area contributed by atoms with Crippen molar-refractivity contribution in [3.05, 3.63) is 16.6 Å². The summed E-state index contributed by atoms with van der Waals surface area (Å²) in [6.45, 7) is 3.81. The number of thiazole rings is 1. The largest absolute Gasteiger partial charge is 0.370 e. The van der Waals surface area contributed by atoms with Gasteiger partial charge in [0.15, 0.2) is 5.96 Å². The van der Waals surface area contributed by atoms with Gasteiger partial charge in [-0.2, -0.15) is 0 Å². The SMILES string of the molecule is CC(CN=C(N)NCC1CCC1)c1nccs1. The molecule has 0 spiro atoms. The lowest BCUT2D eigenvalue weighted by molar-refractivity contribution is 0.315. The standard InChI is InChI=1S/C12H20N4S/c1-9(11-14-5-6-17-11)7-15-12(13)16-8-10-3-2-4-10/h5-6,9-10H,2-4,7-8H2,1H3,(H3,13,15,16). The van der Waals surface area contributed by atoms with Crippen LogP contribution in [0.25, 0.3) is 0 Å². The van der Waals surface area contributed by atoms with E-state index in [1.807, 2.05) is 11.6 Å². The van der Waals surface area contributed by atoms with Crippen molar-refractivity contribution < 1.29 is 0 Å². The number of aliphatic imine (C=N–C) groups is 1. The minimum atomic E-state index is 0.346. The molecule has 3 N–H and O–H groups in total. The minimum Gasteiger partial charge on any atom is -0.370 e. The Morgan fingerprint density at radius 3 is 3.12 bits per heavy atom. The van der Waals surface area contributed by atoms with Crippen molar-refractivity contribution in [1.82, 2.24) is 10.3 Å². The number of hydrogen-bond acceptors (Lipinski definition) is 3. The van der Waals surface area contributed by atoms with Gasteiger partial charge < -0.3 is 11.1 Å². The molecule has 1 aliphatic rings.